The van der Waals surface area contributed by atoms with Gasteiger partial charge in [-0.1, -0.05) is 0 Å². The number of aryl methyl sites for hydroxylation is 3. The molecule has 2 aromatic rings. The van der Waals surface area contributed by atoms with Crippen molar-refractivity contribution in [3.63, 3.8) is 0 Å². The molecule has 13 heavy (non-hydrogen) atoms. The van der Waals surface area contributed by atoms with Gasteiger partial charge in [-0.15, -0.1) is 0 Å². The van der Waals surface area contributed by atoms with Crippen molar-refractivity contribution in [2.75, 3.05) is 0 Å². The minimum atomic E-state index is 1.00. The van der Waals surface area contributed by atoms with Crippen LogP contribution in [-0.4, -0.2) is 10.2 Å². The van der Waals surface area contributed by atoms with Crippen molar-refractivity contribution in [2.45, 2.75) is 20.8 Å². The fourth-order valence-electron chi connectivity index (χ4n) is 1.49. The number of fused-ring (bicyclic) bond motifs is 1. The average molecular weight is 172 g/mol. The van der Waals surface area contributed by atoms with Crippen molar-refractivity contribution in [3.8, 4) is 0 Å². The van der Waals surface area contributed by atoms with E-state index in [-0.39, 0.29) is 0 Å². The predicted octanol–water partition coefficient (Wildman–Crippen LogP) is 2.56. The zero-order valence-electron chi connectivity index (χ0n) is 8.13. The van der Waals surface area contributed by atoms with Crippen molar-refractivity contribution in [2.24, 2.45) is 0 Å². The van der Waals surface area contributed by atoms with Crippen LogP contribution in [-0.2, 0) is 0 Å². The molecule has 0 radical (unpaired) electrons. The lowest BCUT2D eigenvalue weighted by molar-refractivity contribution is 1.00. The van der Waals surface area contributed by atoms with E-state index in [0.717, 1.165) is 5.69 Å². The topological polar surface area (TPSA) is 25.8 Å². The number of hydrogen-bond acceptors (Lipinski definition) is 2. The molecule has 0 saturated carbocycles. The number of aromatic nitrogens is 2. The first-order valence-corrected chi connectivity index (χ1v) is 4.38. The molecule has 0 unspecified atom stereocenters. The van der Waals surface area contributed by atoms with Crippen LogP contribution in [0.5, 0.6) is 0 Å². The van der Waals surface area contributed by atoms with Gasteiger partial charge in [0.05, 0.1) is 11.9 Å². The Morgan fingerprint density at radius 1 is 1.00 bits per heavy atom. The lowest BCUT2D eigenvalue weighted by Gasteiger charge is -2.04. The van der Waals surface area contributed by atoms with Crippen LogP contribution in [0.2, 0.25) is 0 Å². The molecule has 66 valence electrons. The molecule has 0 spiro atoms. The van der Waals surface area contributed by atoms with Gasteiger partial charge in [-0.25, -0.2) is 0 Å². The molecular weight excluding hydrogens is 160 g/mol. The highest BCUT2D eigenvalue weighted by Crippen LogP contribution is 2.19. The minimum absolute atomic E-state index is 1.00. The molecule has 0 amide bonds. The molecule has 0 aliphatic heterocycles. The lowest BCUT2D eigenvalue weighted by Crippen LogP contribution is -1.90. The van der Waals surface area contributed by atoms with Crippen LogP contribution in [0.3, 0.4) is 0 Å². The minimum Gasteiger partial charge on any atom is -0.158 e. The second-order valence-electron chi connectivity index (χ2n) is 3.45. The maximum atomic E-state index is 4.03. The van der Waals surface area contributed by atoms with Crippen LogP contribution in [0.4, 0.5) is 0 Å². The van der Waals surface area contributed by atoms with Crippen molar-refractivity contribution < 1.29 is 0 Å². The molecule has 0 aliphatic rings. The summed E-state index contributed by atoms with van der Waals surface area (Å²) in [6.07, 6.45) is 1.81. The average Bonchev–Trinajstić information content (AvgIpc) is 2.09. The van der Waals surface area contributed by atoms with Gasteiger partial charge in [0.15, 0.2) is 0 Å². The SMILES string of the molecule is Cc1cc2cnnc(C)c2cc1C. The number of nitrogens with zero attached hydrogens (tertiary/aromatic N) is 2. The highest BCUT2D eigenvalue weighted by atomic mass is 15.1. The van der Waals surface area contributed by atoms with Crippen molar-refractivity contribution in [1.29, 1.82) is 0 Å². The van der Waals surface area contributed by atoms with E-state index in [1.165, 1.54) is 21.9 Å². The predicted molar refractivity (Wildman–Crippen MR) is 53.7 cm³/mol. The van der Waals surface area contributed by atoms with E-state index in [1.807, 2.05) is 13.1 Å². The van der Waals surface area contributed by atoms with Crippen LogP contribution >= 0.6 is 0 Å². The lowest BCUT2D eigenvalue weighted by atomic mass is 10.0. The second-order valence-corrected chi connectivity index (χ2v) is 3.45. The van der Waals surface area contributed by atoms with E-state index < -0.39 is 0 Å². The highest BCUT2D eigenvalue weighted by molar-refractivity contribution is 5.84. The van der Waals surface area contributed by atoms with E-state index >= 15 is 0 Å². The standard InChI is InChI=1S/C11H12N2/c1-7-4-10-6-12-13-9(3)11(10)5-8(7)2/h4-6H,1-3H3. The summed E-state index contributed by atoms with van der Waals surface area (Å²) < 4.78 is 0. The Morgan fingerprint density at radius 3 is 2.46 bits per heavy atom. The van der Waals surface area contributed by atoms with Crippen molar-refractivity contribution >= 4 is 10.8 Å². The Labute approximate surface area is 77.6 Å². The van der Waals surface area contributed by atoms with E-state index in [0.29, 0.717) is 0 Å². The summed E-state index contributed by atoms with van der Waals surface area (Å²) in [5, 5.41) is 10.3. The number of hydrogen-bond donors (Lipinski definition) is 0. The summed E-state index contributed by atoms with van der Waals surface area (Å²) in [6.45, 7) is 6.23. The van der Waals surface area contributed by atoms with Gasteiger partial charge in [0.2, 0.25) is 0 Å². The summed E-state index contributed by atoms with van der Waals surface area (Å²) in [7, 11) is 0. The van der Waals surface area contributed by atoms with Crippen LogP contribution < -0.4 is 0 Å². The maximum absolute atomic E-state index is 4.03. The molecule has 1 aromatic carbocycles. The summed E-state index contributed by atoms with van der Waals surface area (Å²) in [6, 6.07) is 4.33. The molecule has 2 heteroatoms. The molecule has 1 aromatic heterocycles. The van der Waals surface area contributed by atoms with Crippen molar-refractivity contribution in [1.82, 2.24) is 10.2 Å². The summed E-state index contributed by atoms with van der Waals surface area (Å²) >= 11 is 0. The van der Waals surface area contributed by atoms with Crippen LogP contribution in [0.15, 0.2) is 18.3 Å². The monoisotopic (exact) mass is 172 g/mol. The van der Waals surface area contributed by atoms with Gasteiger partial charge >= 0.3 is 0 Å². The Balaban J connectivity index is 2.89. The first kappa shape index (κ1) is 8.17. The molecule has 0 aliphatic carbocycles. The molecule has 2 rings (SSSR count). The molecular formula is C11H12N2. The quantitative estimate of drug-likeness (QED) is 0.610. The van der Waals surface area contributed by atoms with Gasteiger partial charge in [0, 0.05) is 10.8 Å². The summed E-state index contributed by atoms with van der Waals surface area (Å²) in [5.41, 5.74) is 3.61. The molecule has 0 atom stereocenters. The second kappa shape index (κ2) is 2.80. The van der Waals surface area contributed by atoms with E-state index in [1.54, 1.807) is 0 Å². The van der Waals surface area contributed by atoms with E-state index in [4.69, 9.17) is 0 Å². The summed E-state index contributed by atoms with van der Waals surface area (Å²) in [5.74, 6) is 0. The molecule has 0 fully saturated rings. The molecule has 1 heterocycles. The molecule has 0 N–H and O–H groups in total. The van der Waals surface area contributed by atoms with Gasteiger partial charge in [-0.3, -0.25) is 0 Å². The van der Waals surface area contributed by atoms with Crippen LogP contribution in [0.1, 0.15) is 16.8 Å². The van der Waals surface area contributed by atoms with E-state index in [2.05, 4.69) is 36.2 Å². The summed E-state index contributed by atoms with van der Waals surface area (Å²) in [4.78, 5) is 0. The first-order valence-electron chi connectivity index (χ1n) is 4.38. The molecule has 0 saturated heterocycles. The third-order valence-electron chi connectivity index (χ3n) is 2.46. The Morgan fingerprint density at radius 2 is 1.69 bits per heavy atom. The molecule has 2 nitrogen and oxygen atoms in total. The molecule has 0 bridgehead atoms. The van der Waals surface area contributed by atoms with Gasteiger partial charge in [0.1, 0.15) is 0 Å². The van der Waals surface area contributed by atoms with Crippen LogP contribution in [0, 0.1) is 20.8 Å². The zero-order valence-corrected chi connectivity index (χ0v) is 8.13. The largest absolute Gasteiger partial charge is 0.158 e. The van der Waals surface area contributed by atoms with E-state index in [9.17, 15) is 0 Å². The van der Waals surface area contributed by atoms with Gasteiger partial charge in [0.25, 0.3) is 0 Å². The normalized spacial score (nSPS) is 10.7. The van der Waals surface area contributed by atoms with Gasteiger partial charge in [-0.2, -0.15) is 10.2 Å². The number of rotatable bonds is 0. The Kier molecular flexibility index (Phi) is 1.76. The van der Waals surface area contributed by atoms with Crippen molar-refractivity contribution in [3.05, 3.63) is 35.2 Å². The smallest absolute Gasteiger partial charge is 0.0678 e. The Bertz CT molecular complexity index is 461. The third kappa shape index (κ3) is 1.28. The fraction of sp³-hybridized carbons (Fsp3) is 0.273. The zero-order chi connectivity index (χ0) is 9.42. The fourth-order valence-corrected chi connectivity index (χ4v) is 1.49. The van der Waals surface area contributed by atoms with Gasteiger partial charge in [-0.05, 0) is 44.0 Å². The Hall–Kier alpha value is -1.44. The van der Waals surface area contributed by atoms with Gasteiger partial charge < -0.3 is 0 Å². The highest BCUT2D eigenvalue weighted by Gasteiger charge is 2.00. The maximum Gasteiger partial charge on any atom is 0.0678 e. The number of benzene rings is 1. The van der Waals surface area contributed by atoms with Crippen LogP contribution in [0.25, 0.3) is 10.8 Å². The first-order chi connectivity index (χ1) is 6.18. The third-order valence-corrected chi connectivity index (χ3v) is 2.46.